The molecule has 0 spiro atoms. The summed E-state index contributed by atoms with van der Waals surface area (Å²) >= 11 is 5.72. The van der Waals surface area contributed by atoms with Gasteiger partial charge in [-0.2, -0.15) is 0 Å². The van der Waals surface area contributed by atoms with Crippen molar-refractivity contribution < 1.29 is 17.9 Å². The second-order valence-corrected chi connectivity index (χ2v) is 6.89. The Kier molecular flexibility index (Phi) is 6.01. The zero-order chi connectivity index (χ0) is 16.0. The first-order valence-corrected chi connectivity index (χ1v) is 8.71. The third kappa shape index (κ3) is 4.84. The van der Waals surface area contributed by atoms with Gasteiger partial charge in [-0.1, -0.05) is 11.6 Å². The molecule has 0 saturated carbocycles. The number of nitrogens with zero attached hydrogens (tertiary/aromatic N) is 1. The Morgan fingerprint density at radius 2 is 1.82 bits per heavy atom. The molecular formula is C13H18ClN3O4S. The van der Waals surface area contributed by atoms with Crippen LogP contribution in [-0.4, -0.2) is 58.7 Å². The third-order valence-electron chi connectivity index (χ3n) is 3.12. The summed E-state index contributed by atoms with van der Waals surface area (Å²) in [6.45, 7) is 2.46. The van der Waals surface area contributed by atoms with Crippen molar-refractivity contribution in [1.82, 2.24) is 14.9 Å². The number of hydrogen-bond donors (Lipinski definition) is 2. The van der Waals surface area contributed by atoms with E-state index >= 15 is 0 Å². The highest BCUT2D eigenvalue weighted by Crippen LogP contribution is 2.13. The molecule has 122 valence electrons. The molecule has 0 radical (unpaired) electrons. The summed E-state index contributed by atoms with van der Waals surface area (Å²) in [5, 5.41) is 3.14. The van der Waals surface area contributed by atoms with E-state index in [0.29, 0.717) is 31.3 Å². The van der Waals surface area contributed by atoms with E-state index in [4.69, 9.17) is 16.3 Å². The summed E-state index contributed by atoms with van der Waals surface area (Å²) in [6, 6.07) is 5.66. The van der Waals surface area contributed by atoms with Gasteiger partial charge in [0.25, 0.3) is 0 Å². The van der Waals surface area contributed by atoms with Crippen LogP contribution in [0.4, 0.5) is 4.79 Å². The number of amides is 2. The molecule has 1 aliphatic heterocycles. The second kappa shape index (κ2) is 7.77. The Hall–Kier alpha value is -1.35. The van der Waals surface area contributed by atoms with E-state index in [2.05, 4.69) is 10.0 Å². The summed E-state index contributed by atoms with van der Waals surface area (Å²) < 4.78 is 31.6. The molecule has 9 heteroatoms. The lowest BCUT2D eigenvalue weighted by molar-refractivity contribution is 0.0533. The number of morpholine rings is 1. The van der Waals surface area contributed by atoms with E-state index in [1.165, 1.54) is 24.3 Å². The summed E-state index contributed by atoms with van der Waals surface area (Å²) in [7, 11) is -3.59. The van der Waals surface area contributed by atoms with E-state index in [9.17, 15) is 13.2 Å². The zero-order valence-corrected chi connectivity index (χ0v) is 13.5. The molecular weight excluding hydrogens is 330 g/mol. The fourth-order valence-electron chi connectivity index (χ4n) is 1.93. The average Bonchev–Trinajstić information content (AvgIpc) is 2.52. The molecule has 0 aromatic heterocycles. The van der Waals surface area contributed by atoms with Crippen LogP contribution in [0.1, 0.15) is 0 Å². The number of urea groups is 1. The van der Waals surface area contributed by atoms with Gasteiger partial charge < -0.3 is 15.0 Å². The van der Waals surface area contributed by atoms with Gasteiger partial charge in [0, 0.05) is 31.2 Å². The van der Waals surface area contributed by atoms with Crippen LogP contribution in [0.5, 0.6) is 0 Å². The third-order valence-corrected chi connectivity index (χ3v) is 4.84. The van der Waals surface area contributed by atoms with Crippen molar-refractivity contribution in [3.05, 3.63) is 29.3 Å². The average molecular weight is 348 g/mol. The highest BCUT2D eigenvalue weighted by Gasteiger charge is 2.17. The molecule has 1 aromatic rings. The predicted molar refractivity (Wildman–Crippen MR) is 82.4 cm³/mol. The molecule has 7 nitrogen and oxygen atoms in total. The molecule has 1 saturated heterocycles. The minimum atomic E-state index is -3.59. The van der Waals surface area contributed by atoms with Crippen molar-refractivity contribution in [3.8, 4) is 0 Å². The molecule has 1 aliphatic rings. The molecule has 0 atom stereocenters. The van der Waals surface area contributed by atoms with Gasteiger partial charge in [0.05, 0.1) is 18.1 Å². The fraction of sp³-hybridized carbons (Fsp3) is 0.462. The van der Waals surface area contributed by atoms with E-state index in [1.807, 2.05) is 0 Å². The number of ether oxygens (including phenoxy) is 1. The number of halogens is 1. The Bertz CT molecular complexity index is 600. The van der Waals surface area contributed by atoms with Crippen molar-refractivity contribution in [3.63, 3.8) is 0 Å². The summed E-state index contributed by atoms with van der Waals surface area (Å²) in [4.78, 5) is 13.6. The number of carbonyl (C=O) groups excluding carboxylic acids is 1. The van der Waals surface area contributed by atoms with Gasteiger partial charge in [-0.25, -0.2) is 17.9 Å². The maximum Gasteiger partial charge on any atom is 0.317 e. The first-order valence-electron chi connectivity index (χ1n) is 6.85. The molecule has 22 heavy (non-hydrogen) atoms. The molecule has 1 heterocycles. The van der Waals surface area contributed by atoms with Crippen LogP contribution < -0.4 is 10.0 Å². The SMILES string of the molecule is O=C(NCCNS(=O)(=O)c1ccc(Cl)cc1)N1CCOCC1. The van der Waals surface area contributed by atoms with Crippen LogP contribution in [0.15, 0.2) is 29.2 Å². The summed E-state index contributed by atoms with van der Waals surface area (Å²) in [5.41, 5.74) is 0. The molecule has 2 rings (SSSR count). The maximum atomic E-state index is 12.0. The Morgan fingerprint density at radius 3 is 2.45 bits per heavy atom. The number of benzene rings is 1. The Labute approximate surface area is 134 Å². The van der Waals surface area contributed by atoms with Crippen LogP contribution in [0.3, 0.4) is 0 Å². The van der Waals surface area contributed by atoms with Crippen LogP contribution in [0.25, 0.3) is 0 Å². The largest absolute Gasteiger partial charge is 0.378 e. The molecule has 0 unspecified atom stereocenters. The smallest absolute Gasteiger partial charge is 0.317 e. The number of carbonyl (C=O) groups is 1. The van der Waals surface area contributed by atoms with Gasteiger partial charge in [0.2, 0.25) is 10.0 Å². The molecule has 1 aromatic carbocycles. The van der Waals surface area contributed by atoms with Crippen LogP contribution in [0, 0.1) is 0 Å². The van der Waals surface area contributed by atoms with Crippen molar-refractivity contribution >= 4 is 27.7 Å². The first-order chi connectivity index (χ1) is 10.5. The monoisotopic (exact) mass is 347 g/mol. The van der Waals surface area contributed by atoms with E-state index in [-0.39, 0.29) is 24.0 Å². The van der Waals surface area contributed by atoms with Crippen LogP contribution >= 0.6 is 11.6 Å². The van der Waals surface area contributed by atoms with Crippen LogP contribution in [-0.2, 0) is 14.8 Å². The minimum absolute atomic E-state index is 0.112. The highest BCUT2D eigenvalue weighted by molar-refractivity contribution is 7.89. The predicted octanol–water partition coefficient (Wildman–Crippen LogP) is 0.660. The molecule has 1 fully saturated rings. The van der Waals surface area contributed by atoms with Gasteiger partial charge in [-0.15, -0.1) is 0 Å². The van der Waals surface area contributed by atoms with E-state index in [1.54, 1.807) is 4.90 Å². The van der Waals surface area contributed by atoms with E-state index in [0.717, 1.165) is 0 Å². The van der Waals surface area contributed by atoms with Crippen molar-refractivity contribution in [1.29, 1.82) is 0 Å². The molecule has 0 bridgehead atoms. The number of rotatable bonds is 5. The van der Waals surface area contributed by atoms with Gasteiger partial charge in [0.1, 0.15) is 0 Å². The van der Waals surface area contributed by atoms with Gasteiger partial charge in [-0.3, -0.25) is 0 Å². The lowest BCUT2D eigenvalue weighted by Crippen LogP contribution is -2.47. The zero-order valence-electron chi connectivity index (χ0n) is 11.9. The Morgan fingerprint density at radius 1 is 1.18 bits per heavy atom. The van der Waals surface area contributed by atoms with E-state index < -0.39 is 10.0 Å². The van der Waals surface area contributed by atoms with Crippen molar-refractivity contribution in [2.75, 3.05) is 39.4 Å². The quantitative estimate of drug-likeness (QED) is 0.766. The lowest BCUT2D eigenvalue weighted by atomic mass is 10.4. The number of hydrogen-bond acceptors (Lipinski definition) is 4. The summed E-state index contributed by atoms with van der Waals surface area (Å²) in [6.07, 6.45) is 0. The van der Waals surface area contributed by atoms with Gasteiger partial charge in [-0.05, 0) is 24.3 Å². The number of nitrogens with one attached hydrogen (secondary N) is 2. The minimum Gasteiger partial charge on any atom is -0.378 e. The highest BCUT2D eigenvalue weighted by atomic mass is 35.5. The topological polar surface area (TPSA) is 87.7 Å². The fourth-order valence-corrected chi connectivity index (χ4v) is 3.09. The normalized spacial score (nSPS) is 15.6. The van der Waals surface area contributed by atoms with Crippen LogP contribution in [0.2, 0.25) is 5.02 Å². The lowest BCUT2D eigenvalue weighted by Gasteiger charge is -2.26. The van der Waals surface area contributed by atoms with Crippen molar-refractivity contribution in [2.45, 2.75) is 4.90 Å². The number of sulfonamides is 1. The standard InChI is InChI=1S/C13H18ClN3O4S/c14-11-1-3-12(4-2-11)22(19,20)16-6-5-15-13(18)17-7-9-21-10-8-17/h1-4,16H,5-10H2,(H,15,18). The first kappa shape index (κ1) is 17.0. The van der Waals surface area contributed by atoms with Gasteiger partial charge in [0.15, 0.2) is 0 Å². The molecule has 2 amide bonds. The van der Waals surface area contributed by atoms with Crippen molar-refractivity contribution in [2.24, 2.45) is 0 Å². The summed E-state index contributed by atoms with van der Waals surface area (Å²) in [5.74, 6) is 0. The molecule has 0 aliphatic carbocycles. The Balaban J connectivity index is 1.75. The van der Waals surface area contributed by atoms with Gasteiger partial charge >= 0.3 is 6.03 Å². The maximum absolute atomic E-state index is 12.0. The molecule has 2 N–H and O–H groups in total. The second-order valence-electron chi connectivity index (χ2n) is 4.68.